The lowest BCUT2D eigenvalue weighted by Crippen LogP contribution is -2.23. The van der Waals surface area contributed by atoms with Crippen LogP contribution in [0.2, 0.25) is 0 Å². The van der Waals surface area contributed by atoms with E-state index in [2.05, 4.69) is 28.7 Å². The quantitative estimate of drug-likeness (QED) is 0.646. The summed E-state index contributed by atoms with van der Waals surface area (Å²) in [6.07, 6.45) is 4.18. The van der Waals surface area contributed by atoms with Crippen LogP contribution in [0.4, 0.5) is 0 Å². The standard InChI is InChI=1S/C20H24N4O2S/c1-3-16(2)19-8-10-20(11-9-19)27(25,26)23-12-17-4-6-18(7-5-17)13-24-15-21-14-22-24/h4-11,14-16,23H,3,12-13H2,1-2H3/t16-/m0/s1. The normalized spacial score (nSPS) is 12.8. The highest BCUT2D eigenvalue weighted by molar-refractivity contribution is 7.89. The van der Waals surface area contributed by atoms with Gasteiger partial charge in [0.05, 0.1) is 11.4 Å². The molecule has 2 aromatic carbocycles. The van der Waals surface area contributed by atoms with Gasteiger partial charge in [-0.15, -0.1) is 0 Å². The topological polar surface area (TPSA) is 76.9 Å². The first kappa shape index (κ1) is 19.3. The number of benzene rings is 2. The Labute approximate surface area is 160 Å². The van der Waals surface area contributed by atoms with Crippen LogP contribution in [-0.4, -0.2) is 23.2 Å². The number of nitrogens with one attached hydrogen (secondary N) is 1. The molecular formula is C20H24N4O2S. The number of hydrogen-bond acceptors (Lipinski definition) is 4. The summed E-state index contributed by atoms with van der Waals surface area (Å²) in [4.78, 5) is 4.21. The second-order valence-corrected chi connectivity index (χ2v) is 8.38. The minimum absolute atomic E-state index is 0.249. The summed E-state index contributed by atoms with van der Waals surface area (Å²) in [6, 6.07) is 14.9. The minimum atomic E-state index is -3.53. The monoisotopic (exact) mass is 384 g/mol. The van der Waals surface area contributed by atoms with Crippen molar-refractivity contribution in [3.8, 4) is 0 Å². The maximum atomic E-state index is 12.5. The lowest BCUT2D eigenvalue weighted by molar-refractivity contribution is 0.581. The molecule has 0 bridgehead atoms. The Morgan fingerprint density at radius 3 is 2.30 bits per heavy atom. The van der Waals surface area contributed by atoms with E-state index in [1.54, 1.807) is 23.1 Å². The smallest absolute Gasteiger partial charge is 0.240 e. The first-order valence-corrected chi connectivity index (χ1v) is 10.5. The van der Waals surface area contributed by atoms with Crippen LogP contribution in [0, 0.1) is 0 Å². The average Bonchev–Trinajstić information content (AvgIpc) is 3.20. The molecule has 6 nitrogen and oxygen atoms in total. The lowest BCUT2D eigenvalue weighted by atomic mass is 9.99. The Morgan fingerprint density at radius 1 is 1.04 bits per heavy atom. The third-order valence-electron chi connectivity index (χ3n) is 4.67. The van der Waals surface area contributed by atoms with Crippen LogP contribution < -0.4 is 4.72 Å². The van der Waals surface area contributed by atoms with Gasteiger partial charge in [0.25, 0.3) is 0 Å². The Hall–Kier alpha value is -2.51. The van der Waals surface area contributed by atoms with Gasteiger partial charge < -0.3 is 0 Å². The molecule has 0 radical (unpaired) electrons. The van der Waals surface area contributed by atoms with E-state index < -0.39 is 10.0 Å². The Balaban J connectivity index is 1.61. The number of hydrogen-bond donors (Lipinski definition) is 1. The third-order valence-corrected chi connectivity index (χ3v) is 6.09. The summed E-state index contributed by atoms with van der Waals surface area (Å²) in [5.41, 5.74) is 3.13. The maximum absolute atomic E-state index is 12.5. The fourth-order valence-electron chi connectivity index (χ4n) is 2.74. The van der Waals surface area contributed by atoms with Crippen molar-refractivity contribution in [3.05, 3.63) is 77.9 Å². The fourth-order valence-corrected chi connectivity index (χ4v) is 3.75. The molecule has 27 heavy (non-hydrogen) atoms. The number of nitrogens with zero attached hydrogens (tertiary/aromatic N) is 3. The highest BCUT2D eigenvalue weighted by Crippen LogP contribution is 2.20. The van der Waals surface area contributed by atoms with E-state index >= 15 is 0 Å². The molecule has 3 rings (SSSR count). The molecule has 142 valence electrons. The predicted octanol–water partition coefficient (Wildman–Crippen LogP) is 3.32. The van der Waals surface area contributed by atoms with Crippen molar-refractivity contribution in [2.45, 2.75) is 44.2 Å². The summed E-state index contributed by atoms with van der Waals surface area (Å²) in [5, 5.41) is 4.07. The SMILES string of the molecule is CC[C@H](C)c1ccc(S(=O)(=O)NCc2ccc(Cn3cncn3)cc2)cc1. The summed E-state index contributed by atoms with van der Waals surface area (Å²) in [6.45, 7) is 5.13. The Bertz CT molecular complexity index is 950. The minimum Gasteiger partial charge on any atom is -0.249 e. The zero-order chi connectivity index (χ0) is 19.3. The summed E-state index contributed by atoms with van der Waals surface area (Å²) < 4.78 is 29.4. The summed E-state index contributed by atoms with van der Waals surface area (Å²) >= 11 is 0. The number of aromatic nitrogens is 3. The van der Waals surface area contributed by atoms with Crippen LogP contribution in [0.3, 0.4) is 0 Å². The van der Waals surface area contributed by atoms with Gasteiger partial charge in [-0.3, -0.25) is 0 Å². The van der Waals surface area contributed by atoms with Crippen LogP contribution >= 0.6 is 0 Å². The average molecular weight is 385 g/mol. The van der Waals surface area contributed by atoms with Crippen molar-refractivity contribution in [1.29, 1.82) is 0 Å². The molecule has 0 amide bonds. The molecule has 0 fully saturated rings. The second-order valence-electron chi connectivity index (χ2n) is 6.61. The molecule has 0 spiro atoms. The Morgan fingerprint density at radius 2 is 1.70 bits per heavy atom. The van der Waals surface area contributed by atoms with Gasteiger partial charge in [-0.2, -0.15) is 5.10 Å². The molecule has 0 aliphatic carbocycles. The van der Waals surface area contributed by atoms with Gasteiger partial charge in [0, 0.05) is 6.54 Å². The van der Waals surface area contributed by atoms with Gasteiger partial charge in [0.2, 0.25) is 10.0 Å². The molecule has 0 saturated carbocycles. The van der Waals surface area contributed by atoms with Gasteiger partial charge in [0.1, 0.15) is 12.7 Å². The fraction of sp³-hybridized carbons (Fsp3) is 0.300. The van der Waals surface area contributed by atoms with Crippen LogP contribution in [0.25, 0.3) is 0 Å². The zero-order valence-electron chi connectivity index (χ0n) is 15.5. The molecule has 0 unspecified atom stereocenters. The van der Waals surface area contributed by atoms with E-state index in [1.807, 2.05) is 36.4 Å². The van der Waals surface area contributed by atoms with Crippen molar-refractivity contribution in [2.24, 2.45) is 0 Å². The van der Waals surface area contributed by atoms with Crippen LogP contribution in [0.1, 0.15) is 42.9 Å². The molecule has 1 aromatic heterocycles. The molecule has 0 saturated heterocycles. The van der Waals surface area contributed by atoms with Crippen LogP contribution in [-0.2, 0) is 23.1 Å². The van der Waals surface area contributed by atoms with E-state index in [-0.39, 0.29) is 11.4 Å². The molecule has 0 aliphatic rings. The number of sulfonamides is 1. The van der Waals surface area contributed by atoms with Gasteiger partial charge in [0.15, 0.2) is 0 Å². The van der Waals surface area contributed by atoms with Gasteiger partial charge in [-0.05, 0) is 41.2 Å². The largest absolute Gasteiger partial charge is 0.249 e. The third kappa shape index (κ3) is 5.02. The second kappa shape index (κ2) is 8.45. The van der Waals surface area contributed by atoms with E-state index in [0.717, 1.165) is 23.1 Å². The summed E-state index contributed by atoms with van der Waals surface area (Å²) in [5.74, 6) is 0.422. The van der Waals surface area contributed by atoms with Gasteiger partial charge >= 0.3 is 0 Å². The predicted molar refractivity (Wildman–Crippen MR) is 105 cm³/mol. The van der Waals surface area contributed by atoms with E-state index in [0.29, 0.717) is 12.5 Å². The highest BCUT2D eigenvalue weighted by atomic mass is 32.2. The molecule has 1 heterocycles. The maximum Gasteiger partial charge on any atom is 0.240 e. The first-order valence-electron chi connectivity index (χ1n) is 8.98. The molecule has 3 aromatic rings. The van der Waals surface area contributed by atoms with Crippen molar-refractivity contribution < 1.29 is 8.42 Å². The molecular weight excluding hydrogens is 360 g/mol. The first-order chi connectivity index (χ1) is 13.0. The molecule has 1 N–H and O–H groups in total. The lowest BCUT2D eigenvalue weighted by Gasteiger charge is -2.11. The van der Waals surface area contributed by atoms with E-state index in [1.165, 1.54) is 6.33 Å². The van der Waals surface area contributed by atoms with Crippen molar-refractivity contribution in [1.82, 2.24) is 19.5 Å². The highest BCUT2D eigenvalue weighted by Gasteiger charge is 2.14. The van der Waals surface area contributed by atoms with Gasteiger partial charge in [-0.1, -0.05) is 50.2 Å². The Kier molecular flexibility index (Phi) is 6.03. The number of rotatable bonds is 8. The molecule has 0 aliphatic heterocycles. The molecule has 7 heteroatoms. The summed E-state index contributed by atoms with van der Waals surface area (Å²) in [7, 11) is -3.53. The van der Waals surface area contributed by atoms with Crippen molar-refractivity contribution >= 4 is 10.0 Å². The van der Waals surface area contributed by atoms with Crippen molar-refractivity contribution in [3.63, 3.8) is 0 Å². The van der Waals surface area contributed by atoms with E-state index in [9.17, 15) is 8.42 Å². The van der Waals surface area contributed by atoms with Gasteiger partial charge in [-0.25, -0.2) is 22.8 Å². The van der Waals surface area contributed by atoms with Crippen LogP contribution in [0.15, 0.2) is 66.1 Å². The van der Waals surface area contributed by atoms with Crippen molar-refractivity contribution in [2.75, 3.05) is 0 Å². The molecule has 1 atom stereocenters. The van der Waals surface area contributed by atoms with Crippen LogP contribution in [0.5, 0.6) is 0 Å². The van der Waals surface area contributed by atoms with E-state index in [4.69, 9.17) is 0 Å². The zero-order valence-corrected chi connectivity index (χ0v) is 16.4.